The SMILES string of the molecule is CC(C)(C)c1cc(-c2cccc3cccc(-c4ccccc4N(c4cccc(-c5cccc6sc7ccccc7c56)c4)c4cc(C(C)(C)C)ccc4-c4ccccc4)c23)cc(C(C)(C)C)c1. The van der Waals surface area contributed by atoms with Crippen LogP contribution in [0, 0.1) is 0 Å². The lowest BCUT2D eigenvalue weighted by Crippen LogP contribution is -2.16. The van der Waals surface area contributed by atoms with Crippen molar-refractivity contribution in [2.45, 2.75) is 78.6 Å². The molecule has 0 fully saturated rings. The van der Waals surface area contributed by atoms with E-state index in [4.69, 9.17) is 0 Å². The maximum absolute atomic E-state index is 2.54. The zero-order valence-corrected chi connectivity index (χ0v) is 40.6. The van der Waals surface area contributed by atoms with Gasteiger partial charge in [0.25, 0.3) is 0 Å². The molecule has 0 aliphatic heterocycles. The van der Waals surface area contributed by atoms with E-state index in [9.17, 15) is 0 Å². The van der Waals surface area contributed by atoms with Crippen LogP contribution in [0.1, 0.15) is 79.0 Å². The Bertz CT molecular complexity index is 3380. The zero-order chi connectivity index (χ0) is 46.0. The quantitative estimate of drug-likeness (QED) is 0.154. The van der Waals surface area contributed by atoms with Crippen molar-refractivity contribution < 1.29 is 0 Å². The van der Waals surface area contributed by atoms with E-state index in [2.05, 4.69) is 261 Å². The number of rotatable bonds is 7. The van der Waals surface area contributed by atoms with Crippen LogP contribution in [0.4, 0.5) is 17.1 Å². The highest BCUT2D eigenvalue weighted by molar-refractivity contribution is 7.25. The summed E-state index contributed by atoms with van der Waals surface area (Å²) in [6, 6.07) is 72.9. The van der Waals surface area contributed by atoms with Crippen molar-refractivity contribution in [1.29, 1.82) is 0 Å². The second-order valence-electron chi connectivity index (χ2n) is 21.0. The van der Waals surface area contributed by atoms with E-state index < -0.39 is 0 Å². The molecule has 9 aromatic carbocycles. The van der Waals surface area contributed by atoms with Crippen LogP contribution in [0.25, 0.3) is 75.5 Å². The first-order valence-corrected chi connectivity index (χ1v) is 24.2. The lowest BCUT2D eigenvalue weighted by molar-refractivity contribution is 0.569. The van der Waals surface area contributed by atoms with Crippen molar-refractivity contribution in [3.05, 3.63) is 211 Å². The molecule has 0 unspecified atom stereocenters. The Morgan fingerprint density at radius 2 is 0.894 bits per heavy atom. The summed E-state index contributed by atoms with van der Waals surface area (Å²) in [4.78, 5) is 2.54. The average Bonchev–Trinajstić information content (AvgIpc) is 3.70. The number of anilines is 3. The van der Waals surface area contributed by atoms with Gasteiger partial charge in [0, 0.05) is 37.0 Å². The smallest absolute Gasteiger partial charge is 0.0543 e. The molecule has 1 nitrogen and oxygen atoms in total. The Morgan fingerprint density at radius 3 is 1.61 bits per heavy atom. The first-order valence-electron chi connectivity index (χ1n) is 23.4. The van der Waals surface area contributed by atoms with Crippen LogP contribution in [-0.4, -0.2) is 0 Å². The third kappa shape index (κ3) is 8.03. The molecule has 1 aromatic heterocycles. The summed E-state index contributed by atoms with van der Waals surface area (Å²) in [5.74, 6) is 0. The molecule has 0 amide bonds. The molecule has 0 saturated heterocycles. The summed E-state index contributed by atoms with van der Waals surface area (Å²) < 4.78 is 2.62. The molecule has 2 heteroatoms. The molecular weight excluding hydrogens is 815 g/mol. The molecule has 0 saturated carbocycles. The molecular formula is C64H59NS. The monoisotopic (exact) mass is 873 g/mol. The standard InChI is InChI=1S/C64H59NS/c1-62(2,3)46-35-36-50(42-21-11-10-12-22-42)57(41-46)65(49-26-17-25-44(39-49)51-30-20-34-59-61(51)55-28-14-16-33-58(55)66-59)56-32-15-13-27-53(56)54-31-19-24-43-23-18-29-52(60(43)54)45-37-47(63(4,5)6)40-48(38-45)64(7,8)9/h10-41H,1-9H3. The molecule has 0 radical (unpaired) electrons. The summed E-state index contributed by atoms with van der Waals surface area (Å²) in [6.45, 7) is 20.9. The summed E-state index contributed by atoms with van der Waals surface area (Å²) in [5, 5.41) is 5.10. The normalized spacial score (nSPS) is 12.3. The first-order chi connectivity index (χ1) is 31.6. The molecule has 0 bridgehead atoms. The third-order valence-corrected chi connectivity index (χ3v) is 14.5. The van der Waals surface area contributed by atoms with Gasteiger partial charge in [-0.2, -0.15) is 0 Å². The largest absolute Gasteiger partial charge is 0.309 e. The maximum atomic E-state index is 2.54. The van der Waals surface area contributed by atoms with Gasteiger partial charge in [-0.3, -0.25) is 0 Å². The third-order valence-electron chi connectivity index (χ3n) is 13.3. The highest BCUT2D eigenvalue weighted by atomic mass is 32.1. The van der Waals surface area contributed by atoms with Crippen LogP contribution < -0.4 is 4.90 Å². The average molecular weight is 874 g/mol. The molecule has 326 valence electrons. The maximum Gasteiger partial charge on any atom is 0.0543 e. The van der Waals surface area contributed by atoms with Gasteiger partial charge in [-0.15, -0.1) is 11.3 Å². The Morgan fingerprint density at radius 1 is 0.333 bits per heavy atom. The van der Waals surface area contributed by atoms with Gasteiger partial charge in [-0.05, 0) is 113 Å². The predicted molar refractivity (Wildman–Crippen MR) is 289 cm³/mol. The molecule has 0 N–H and O–H groups in total. The fourth-order valence-electron chi connectivity index (χ4n) is 9.63. The van der Waals surface area contributed by atoms with Crippen LogP contribution in [0.15, 0.2) is 194 Å². The number of thiophene rings is 1. The van der Waals surface area contributed by atoms with Crippen LogP contribution in [0.3, 0.4) is 0 Å². The Kier molecular flexibility index (Phi) is 10.9. The van der Waals surface area contributed by atoms with Gasteiger partial charge in [0.15, 0.2) is 0 Å². The van der Waals surface area contributed by atoms with E-state index >= 15 is 0 Å². The molecule has 0 spiro atoms. The van der Waals surface area contributed by atoms with Crippen molar-refractivity contribution in [3.63, 3.8) is 0 Å². The first kappa shape index (κ1) is 43.2. The minimum atomic E-state index is -0.0787. The number of fused-ring (bicyclic) bond motifs is 4. The van der Waals surface area contributed by atoms with Crippen molar-refractivity contribution in [2.24, 2.45) is 0 Å². The van der Waals surface area contributed by atoms with Crippen molar-refractivity contribution in [3.8, 4) is 44.5 Å². The van der Waals surface area contributed by atoms with Crippen LogP contribution >= 0.6 is 11.3 Å². The van der Waals surface area contributed by atoms with Gasteiger partial charge in [-0.25, -0.2) is 0 Å². The number of benzene rings is 9. The Balaban J connectivity index is 1.27. The second-order valence-corrected chi connectivity index (χ2v) is 22.1. The van der Waals surface area contributed by atoms with Gasteiger partial charge in [-0.1, -0.05) is 220 Å². The van der Waals surface area contributed by atoms with Crippen molar-refractivity contribution in [2.75, 3.05) is 4.90 Å². The molecule has 0 aliphatic rings. The van der Waals surface area contributed by atoms with Crippen LogP contribution in [0.2, 0.25) is 0 Å². The number of hydrogen-bond acceptors (Lipinski definition) is 2. The fraction of sp³-hybridized carbons (Fsp3) is 0.188. The Hall–Kier alpha value is -6.74. The van der Waals surface area contributed by atoms with Gasteiger partial charge < -0.3 is 4.90 Å². The molecule has 10 rings (SSSR count). The van der Waals surface area contributed by atoms with Crippen LogP contribution in [-0.2, 0) is 16.2 Å². The number of hydrogen-bond donors (Lipinski definition) is 0. The highest BCUT2D eigenvalue weighted by Gasteiger charge is 2.26. The van der Waals surface area contributed by atoms with Gasteiger partial charge in [0.1, 0.15) is 0 Å². The molecule has 1 heterocycles. The van der Waals surface area contributed by atoms with Crippen LogP contribution in [0.5, 0.6) is 0 Å². The van der Waals surface area contributed by atoms with E-state index in [-0.39, 0.29) is 16.2 Å². The van der Waals surface area contributed by atoms with E-state index in [1.54, 1.807) is 0 Å². The van der Waals surface area contributed by atoms with Gasteiger partial charge >= 0.3 is 0 Å². The van der Waals surface area contributed by atoms with Gasteiger partial charge in [0.05, 0.1) is 11.4 Å². The lowest BCUT2D eigenvalue weighted by atomic mass is 9.78. The molecule has 66 heavy (non-hydrogen) atoms. The van der Waals surface area contributed by atoms with Crippen molar-refractivity contribution in [1.82, 2.24) is 0 Å². The summed E-state index contributed by atoms with van der Waals surface area (Å²) in [6.07, 6.45) is 0. The highest BCUT2D eigenvalue weighted by Crippen LogP contribution is 2.50. The summed E-state index contributed by atoms with van der Waals surface area (Å²) in [5.41, 5.74) is 17.0. The second kappa shape index (κ2) is 16.6. The minimum Gasteiger partial charge on any atom is -0.309 e. The van der Waals surface area contributed by atoms with Crippen molar-refractivity contribution >= 4 is 59.3 Å². The molecule has 10 aromatic rings. The molecule has 0 aliphatic carbocycles. The molecule has 0 atom stereocenters. The lowest BCUT2D eigenvalue weighted by Gasteiger charge is -2.32. The Labute approximate surface area is 396 Å². The zero-order valence-electron chi connectivity index (χ0n) is 39.8. The van der Waals surface area contributed by atoms with E-state index in [0.29, 0.717) is 0 Å². The number of nitrogens with zero attached hydrogens (tertiary/aromatic N) is 1. The summed E-state index contributed by atoms with van der Waals surface area (Å²) >= 11 is 1.87. The van der Waals surface area contributed by atoms with E-state index in [0.717, 1.165) is 17.1 Å². The topological polar surface area (TPSA) is 3.24 Å². The number of para-hydroxylation sites is 1. The fourth-order valence-corrected chi connectivity index (χ4v) is 10.8. The minimum absolute atomic E-state index is 0.00877. The predicted octanol–water partition coefficient (Wildman–Crippen LogP) is 19.2. The van der Waals surface area contributed by atoms with Gasteiger partial charge in [0.2, 0.25) is 0 Å². The summed E-state index contributed by atoms with van der Waals surface area (Å²) in [7, 11) is 0. The van der Waals surface area contributed by atoms with E-state index in [1.165, 1.54) is 92.1 Å². The van der Waals surface area contributed by atoms with E-state index in [1.807, 2.05) is 11.3 Å².